The SMILES string of the molecule is CCNc1nnc(SCC(=O)Nc2sc3c(c2C(=O)OCC)CCC(C)C3)s1. The number of amides is 1. The molecule has 0 aliphatic heterocycles. The van der Waals surface area contributed by atoms with Crippen molar-refractivity contribution in [3.05, 3.63) is 16.0 Å². The molecule has 1 aliphatic carbocycles. The van der Waals surface area contributed by atoms with Gasteiger partial charge in [-0.15, -0.1) is 21.5 Å². The molecule has 2 aromatic heterocycles. The summed E-state index contributed by atoms with van der Waals surface area (Å²) in [6.07, 6.45) is 2.84. The van der Waals surface area contributed by atoms with E-state index in [2.05, 4.69) is 27.8 Å². The Morgan fingerprint density at radius 2 is 2.11 bits per heavy atom. The molecule has 0 fully saturated rings. The molecule has 0 spiro atoms. The normalized spacial score (nSPS) is 15.8. The van der Waals surface area contributed by atoms with Gasteiger partial charge in [-0.2, -0.15) is 0 Å². The van der Waals surface area contributed by atoms with Gasteiger partial charge in [0.1, 0.15) is 5.00 Å². The fourth-order valence-electron chi connectivity index (χ4n) is 3.04. The molecule has 2 heterocycles. The number of fused-ring (bicyclic) bond motifs is 1. The Morgan fingerprint density at radius 3 is 2.86 bits per heavy atom. The molecule has 0 saturated carbocycles. The highest BCUT2D eigenvalue weighted by Crippen LogP contribution is 2.40. The monoisotopic (exact) mass is 440 g/mol. The largest absolute Gasteiger partial charge is 0.462 e. The number of esters is 1. The zero-order chi connectivity index (χ0) is 20.1. The van der Waals surface area contributed by atoms with Crippen molar-refractivity contribution in [3.63, 3.8) is 0 Å². The number of thioether (sulfide) groups is 1. The highest BCUT2D eigenvalue weighted by molar-refractivity contribution is 8.01. The molecule has 28 heavy (non-hydrogen) atoms. The van der Waals surface area contributed by atoms with E-state index in [-0.39, 0.29) is 17.6 Å². The van der Waals surface area contributed by atoms with Gasteiger partial charge in [-0.05, 0) is 44.6 Å². The van der Waals surface area contributed by atoms with Crippen molar-refractivity contribution in [2.24, 2.45) is 5.92 Å². The zero-order valence-corrected chi connectivity index (χ0v) is 18.6. The van der Waals surface area contributed by atoms with Crippen LogP contribution in [0.3, 0.4) is 0 Å². The summed E-state index contributed by atoms with van der Waals surface area (Å²) in [7, 11) is 0. The van der Waals surface area contributed by atoms with Crippen LogP contribution in [0, 0.1) is 5.92 Å². The molecule has 0 saturated heterocycles. The van der Waals surface area contributed by atoms with Crippen molar-refractivity contribution in [3.8, 4) is 0 Å². The number of nitrogens with zero attached hydrogens (tertiary/aromatic N) is 2. The highest BCUT2D eigenvalue weighted by Gasteiger charge is 2.29. The van der Waals surface area contributed by atoms with Crippen molar-refractivity contribution < 1.29 is 14.3 Å². The number of ether oxygens (including phenoxy) is 1. The first kappa shape index (κ1) is 21.1. The summed E-state index contributed by atoms with van der Waals surface area (Å²) >= 11 is 4.26. The predicted octanol–water partition coefficient (Wildman–Crippen LogP) is 4.06. The van der Waals surface area contributed by atoms with Crippen LogP contribution in [-0.2, 0) is 22.4 Å². The Kier molecular flexibility index (Phi) is 7.30. The van der Waals surface area contributed by atoms with Gasteiger partial charge >= 0.3 is 5.97 Å². The Hall–Kier alpha value is -1.65. The molecule has 1 atom stereocenters. The minimum Gasteiger partial charge on any atom is -0.462 e. The van der Waals surface area contributed by atoms with Gasteiger partial charge in [0.05, 0.1) is 17.9 Å². The lowest BCUT2D eigenvalue weighted by atomic mass is 9.88. The second kappa shape index (κ2) is 9.71. The molecule has 2 aromatic rings. The van der Waals surface area contributed by atoms with Crippen LogP contribution in [0.25, 0.3) is 0 Å². The smallest absolute Gasteiger partial charge is 0.341 e. The molecule has 2 N–H and O–H groups in total. The third-order valence-corrected chi connectivity index (χ3v) is 7.49. The third-order valence-electron chi connectivity index (χ3n) is 4.31. The molecular formula is C18H24N4O3S3. The molecule has 10 heteroatoms. The first-order valence-electron chi connectivity index (χ1n) is 9.33. The third kappa shape index (κ3) is 5.03. The number of hydrogen-bond donors (Lipinski definition) is 2. The molecule has 0 radical (unpaired) electrons. The van der Waals surface area contributed by atoms with Crippen molar-refractivity contribution in [2.45, 2.75) is 44.4 Å². The summed E-state index contributed by atoms with van der Waals surface area (Å²) in [6, 6.07) is 0. The van der Waals surface area contributed by atoms with Gasteiger partial charge in [0.2, 0.25) is 11.0 Å². The summed E-state index contributed by atoms with van der Waals surface area (Å²) in [5.74, 6) is 0.282. The number of thiophene rings is 1. The van der Waals surface area contributed by atoms with Gasteiger partial charge in [-0.1, -0.05) is 30.0 Å². The molecule has 0 aromatic carbocycles. The van der Waals surface area contributed by atoms with Crippen molar-refractivity contribution in [1.82, 2.24) is 10.2 Å². The molecule has 7 nitrogen and oxygen atoms in total. The van der Waals surface area contributed by atoms with E-state index >= 15 is 0 Å². The number of aromatic nitrogens is 2. The van der Waals surface area contributed by atoms with E-state index in [9.17, 15) is 9.59 Å². The van der Waals surface area contributed by atoms with E-state index in [0.29, 0.717) is 23.1 Å². The van der Waals surface area contributed by atoms with Crippen LogP contribution >= 0.6 is 34.4 Å². The van der Waals surface area contributed by atoms with E-state index < -0.39 is 0 Å². The van der Waals surface area contributed by atoms with Crippen molar-refractivity contribution in [1.29, 1.82) is 0 Å². The molecule has 3 rings (SSSR count). The maximum Gasteiger partial charge on any atom is 0.341 e. The summed E-state index contributed by atoms with van der Waals surface area (Å²) in [5, 5.41) is 15.5. The maximum atomic E-state index is 12.5. The Bertz CT molecular complexity index is 849. The fraction of sp³-hybridized carbons (Fsp3) is 0.556. The summed E-state index contributed by atoms with van der Waals surface area (Å²) in [5.41, 5.74) is 1.58. The van der Waals surface area contributed by atoms with E-state index in [4.69, 9.17) is 4.74 Å². The summed E-state index contributed by atoms with van der Waals surface area (Å²) < 4.78 is 5.98. The number of rotatable bonds is 8. The average Bonchev–Trinajstić information content (AvgIpc) is 3.24. The molecule has 0 bridgehead atoms. The van der Waals surface area contributed by atoms with E-state index in [1.165, 1.54) is 39.3 Å². The van der Waals surface area contributed by atoms with Gasteiger partial charge < -0.3 is 15.4 Å². The van der Waals surface area contributed by atoms with E-state index in [1.807, 2.05) is 6.92 Å². The van der Waals surface area contributed by atoms with Gasteiger partial charge in [-0.3, -0.25) is 4.79 Å². The first-order chi connectivity index (χ1) is 13.5. The van der Waals surface area contributed by atoms with Crippen molar-refractivity contribution in [2.75, 3.05) is 29.5 Å². The summed E-state index contributed by atoms with van der Waals surface area (Å²) in [4.78, 5) is 26.2. The number of anilines is 2. The van der Waals surface area contributed by atoms with E-state index in [0.717, 1.165) is 40.8 Å². The molecule has 1 aliphatic rings. The Labute approximate surface area is 176 Å². The maximum absolute atomic E-state index is 12.5. The van der Waals surface area contributed by atoms with Crippen LogP contribution in [0.2, 0.25) is 0 Å². The molecule has 152 valence electrons. The second-order valence-electron chi connectivity index (χ2n) is 6.52. The van der Waals surface area contributed by atoms with Gasteiger partial charge in [0.15, 0.2) is 4.34 Å². The Balaban J connectivity index is 1.69. The van der Waals surface area contributed by atoms with Crippen LogP contribution in [0.5, 0.6) is 0 Å². The molecule has 1 unspecified atom stereocenters. The minimum absolute atomic E-state index is 0.164. The number of nitrogens with one attached hydrogen (secondary N) is 2. The standard InChI is InChI=1S/C18H24N4O3S3/c1-4-19-17-21-22-18(28-17)26-9-13(23)20-15-14(16(24)25-5-2)11-7-6-10(3)8-12(11)27-15/h10H,4-9H2,1-3H3,(H,19,21)(H,20,23). The average molecular weight is 441 g/mol. The fourth-order valence-corrected chi connectivity index (χ4v) is 6.07. The van der Waals surface area contributed by atoms with Crippen LogP contribution in [0.4, 0.5) is 10.1 Å². The lowest BCUT2D eigenvalue weighted by molar-refractivity contribution is -0.113. The zero-order valence-electron chi connectivity index (χ0n) is 16.2. The highest BCUT2D eigenvalue weighted by atomic mass is 32.2. The van der Waals surface area contributed by atoms with Crippen LogP contribution in [0.15, 0.2) is 4.34 Å². The topological polar surface area (TPSA) is 93.2 Å². The number of hydrogen-bond acceptors (Lipinski definition) is 9. The number of carbonyl (C=O) groups excluding carboxylic acids is 2. The summed E-state index contributed by atoms with van der Waals surface area (Å²) in [6.45, 7) is 7.08. The number of carbonyl (C=O) groups is 2. The lowest BCUT2D eigenvalue weighted by Crippen LogP contribution is -2.17. The van der Waals surface area contributed by atoms with Crippen LogP contribution in [-0.4, -0.2) is 41.0 Å². The predicted molar refractivity (Wildman–Crippen MR) is 115 cm³/mol. The second-order valence-corrected chi connectivity index (χ2v) is 9.82. The minimum atomic E-state index is -0.350. The molecule has 1 amide bonds. The molecular weight excluding hydrogens is 416 g/mol. The Morgan fingerprint density at radius 1 is 1.29 bits per heavy atom. The quantitative estimate of drug-likeness (QED) is 0.472. The van der Waals surface area contributed by atoms with Gasteiger partial charge in [0.25, 0.3) is 0 Å². The first-order valence-corrected chi connectivity index (χ1v) is 11.9. The van der Waals surface area contributed by atoms with Crippen LogP contribution in [0.1, 0.15) is 48.0 Å². The van der Waals surface area contributed by atoms with E-state index in [1.54, 1.807) is 6.92 Å². The van der Waals surface area contributed by atoms with Gasteiger partial charge in [0, 0.05) is 11.4 Å². The lowest BCUT2D eigenvalue weighted by Gasteiger charge is -2.18. The van der Waals surface area contributed by atoms with Gasteiger partial charge in [-0.25, -0.2) is 4.79 Å². The van der Waals surface area contributed by atoms with Crippen LogP contribution < -0.4 is 10.6 Å². The van der Waals surface area contributed by atoms with Crippen molar-refractivity contribution >= 4 is 56.4 Å².